The second-order valence-electron chi connectivity index (χ2n) is 4.99. The monoisotopic (exact) mass is 345 g/mol. The summed E-state index contributed by atoms with van der Waals surface area (Å²) in [6.45, 7) is 2.76. The van der Waals surface area contributed by atoms with Gasteiger partial charge in [0.1, 0.15) is 11.4 Å². The van der Waals surface area contributed by atoms with Crippen molar-refractivity contribution in [3.05, 3.63) is 59.6 Å². The Morgan fingerprint density at radius 3 is 3.00 bits per heavy atom. The van der Waals surface area contributed by atoms with Gasteiger partial charge in [-0.15, -0.1) is 0 Å². The first-order valence-electron chi connectivity index (χ1n) is 7.39. The van der Waals surface area contributed by atoms with Crippen molar-refractivity contribution in [2.75, 3.05) is 5.32 Å². The van der Waals surface area contributed by atoms with Gasteiger partial charge in [0.15, 0.2) is 6.73 Å². The van der Waals surface area contributed by atoms with Crippen LogP contribution < -0.4 is 10.1 Å². The largest absolute Gasteiger partial charge is 0.471 e. The number of anilines is 1. The molecule has 24 heavy (non-hydrogen) atoms. The number of carbonyl (C=O) groups is 1. The number of nitrogens with one attached hydrogen (secondary N) is 1. The molecule has 2 aromatic heterocycles. The fourth-order valence-corrected chi connectivity index (χ4v) is 2.35. The zero-order chi connectivity index (χ0) is 16.9. The van der Waals surface area contributed by atoms with E-state index in [0.29, 0.717) is 28.7 Å². The van der Waals surface area contributed by atoms with Crippen molar-refractivity contribution < 1.29 is 9.53 Å². The number of ether oxygens (including phenoxy) is 1. The van der Waals surface area contributed by atoms with E-state index < -0.39 is 0 Å². The number of hydrogen-bond donors (Lipinski definition) is 1. The Bertz CT molecular complexity index is 842. The summed E-state index contributed by atoms with van der Waals surface area (Å²) >= 11 is 5.90. The lowest BCUT2D eigenvalue weighted by atomic mass is 10.3. The topological polar surface area (TPSA) is 74.0 Å². The van der Waals surface area contributed by atoms with Crippen LogP contribution in [-0.4, -0.2) is 25.5 Å². The Kier molecular flexibility index (Phi) is 4.81. The lowest BCUT2D eigenvalue weighted by Gasteiger charge is -2.06. The minimum Gasteiger partial charge on any atom is -0.471 e. The van der Waals surface area contributed by atoms with Crippen LogP contribution >= 0.6 is 11.6 Å². The maximum Gasteiger partial charge on any atom is 0.274 e. The van der Waals surface area contributed by atoms with E-state index in [1.165, 1.54) is 0 Å². The summed E-state index contributed by atoms with van der Waals surface area (Å²) in [5.74, 6) is 0.417. The van der Waals surface area contributed by atoms with Crippen LogP contribution in [0.1, 0.15) is 17.4 Å². The van der Waals surface area contributed by atoms with Crippen LogP contribution in [0.15, 0.2) is 48.9 Å². The molecule has 3 aromatic rings. The number of amides is 1. The minimum atomic E-state index is -0.232. The average Bonchev–Trinajstić information content (AvgIpc) is 3.22. The van der Waals surface area contributed by atoms with Gasteiger partial charge in [-0.1, -0.05) is 17.7 Å². The van der Waals surface area contributed by atoms with E-state index in [9.17, 15) is 4.79 Å². The number of rotatable bonds is 6. The molecule has 0 aliphatic heterocycles. The maximum atomic E-state index is 12.2. The molecule has 0 spiro atoms. The highest BCUT2D eigenvalue weighted by Gasteiger charge is 2.12. The summed E-state index contributed by atoms with van der Waals surface area (Å²) in [7, 11) is 0. The van der Waals surface area contributed by atoms with Crippen molar-refractivity contribution in [1.82, 2.24) is 19.6 Å². The second kappa shape index (κ2) is 7.18. The molecule has 8 heteroatoms. The Labute approximate surface area is 143 Å². The summed E-state index contributed by atoms with van der Waals surface area (Å²) in [6, 6.07) is 8.79. The fourth-order valence-electron chi connectivity index (χ4n) is 2.17. The summed E-state index contributed by atoms with van der Waals surface area (Å²) in [5, 5.41) is 11.6. The SMILES string of the molecule is CCn1nccc1C(=O)Nc1cnn(COc2cccc(Cl)c2)c1. The lowest BCUT2D eigenvalue weighted by Crippen LogP contribution is -2.17. The molecule has 1 amide bonds. The van der Waals surface area contributed by atoms with Gasteiger partial charge in [0, 0.05) is 17.8 Å². The molecule has 0 saturated carbocycles. The summed E-state index contributed by atoms with van der Waals surface area (Å²) in [5.41, 5.74) is 1.08. The smallest absolute Gasteiger partial charge is 0.274 e. The first-order valence-corrected chi connectivity index (χ1v) is 7.77. The predicted octanol–water partition coefficient (Wildman–Crippen LogP) is 3.04. The molecule has 3 rings (SSSR count). The highest BCUT2D eigenvalue weighted by atomic mass is 35.5. The molecule has 1 aromatic carbocycles. The van der Waals surface area contributed by atoms with Crippen molar-refractivity contribution >= 4 is 23.2 Å². The third-order valence-electron chi connectivity index (χ3n) is 3.30. The Hall–Kier alpha value is -2.80. The Balaban J connectivity index is 1.60. The van der Waals surface area contributed by atoms with Gasteiger partial charge in [-0.25, -0.2) is 4.68 Å². The Morgan fingerprint density at radius 1 is 1.33 bits per heavy atom. The molecule has 1 N–H and O–H groups in total. The highest BCUT2D eigenvalue weighted by molar-refractivity contribution is 6.30. The summed E-state index contributed by atoms with van der Waals surface area (Å²) < 4.78 is 8.79. The van der Waals surface area contributed by atoms with Gasteiger partial charge in [0.2, 0.25) is 0 Å². The number of benzene rings is 1. The Morgan fingerprint density at radius 2 is 2.21 bits per heavy atom. The van der Waals surface area contributed by atoms with Crippen molar-refractivity contribution in [3.8, 4) is 5.75 Å². The quantitative estimate of drug-likeness (QED) is 0.745. The van der Waals surface area contributed by atoms with E-state index in [4.69, 9.17) is 16.3 Å². The van der Waals surface area contributed by atoms with E-state index in [2.05, 4.69) is 15.5 Å². The average molecular weight is 346 g/mol. The molecular formula is C16H16ClN5O2. The van der Waals surface area contributed by atoms with Crippen LogP contribution in [0.3, 0.4) is 0 Å². The van der Waals surface area contributed by atoms with Gasteiger partial charge in [0.25, 0.3) is 5.91 Å². The van der Waals surface area contributed by atoms with Crippen molar-refractivity contribution in [2.24, 2.45) is 0 Å². The van der Waals surface area contributed by atoms with E-state index in [0.717, 1.165) is 0 Å². The normalized spacial score (nSPS) is 10.6. The fraction of sp³-hybridized carbons (Fsp3) is 0.188. The molecule has 0 aliphatic rings. The molecule has 2 heterocycles. The van der Waals surface area contributed by atoms with Gasteiger partial charge in [-0.2, -0.15) is 10.2 Å². The number of hydrogen-bond acceptors (Lipinski definition) is 4. The van der Waals surface area contributed by atoms with Gasteiger partial charge in [0.05, 0.1) is 18.1 Å². The van der Waals surface area contributed by atoms with Crippen LogP contribution in [0.4, 0.5) is 5.69 Å². The van der Waals surface area contributed by atoms with Gasteiger partial charge >= 0.3 is 0 Å². The minimum absolute atomic E-state index is 0.211. The number of nitrogens with zero attached hydrogens (tertiary/aromatic N) is 4. The molecule has 0 atom stereocenters. The van der Waals surface area contributed by atoms with Crippen molar-refractivity contribution in [1.29, 1.82) is 0 Å². The first-order chi connectivity index (χ1) is 11.7. The second-order valence-corrected chi connectivity index (χ2v) is 5.42. The zero-order valence-electron chi connectivity index (χ0n) is 13.0. The van der Waals surface area contributed by atoms with Crippen molar-refractivity contribution in [3.63, 3.8) is 0 Å². The van der Waals surface area contributed by atoms with Crippen LogP contribution in [0.25, 0.3) is 0 Å². The van der Waals surface area contributed by atoms with E-state index in [1.807, 2.05) is 19.1 Å². The highest BCUT2D eigenvalue weighted by Crippen LogP contribution is 2.17. The third-order valence-corrected chi connectivity index (χ3v) is 3.53. The lowest BCUT2D eigenvalue weighted by molar-refractivity contribution is 0.101. The molecule has 0 saturated heterocycles. The number of aromatic nitrogens is 4. The van der Waals surface area contributed by atoms with E-state index in [1.54, 1.807) is 46.2 Å². The van der Waals surface area contributed by atoms with Gasteiger partial charge in [-0.3, -0.25) is 9.48 Å². The molecule has 0 unspecified atom stereocenters. The van der Waals surface area contributed by atoms with Crippen LogP contribution in [0.5, 0.6) is 5.75 Å². The van der Waals surface area contributed by atoms with E-state index >= 15 is 0 Å². The van der Waals surface area contributed by atoms with Crippen LogP contribution in [-0.2, 0) is 13.3 Å². The van der Waals surface area contributed by atoms with Gasteiger partial charge in [-0.05, 0) is 31.2 Å². The molecular weight excluding hydrogens is 330 g/mol. The molecule has 0 radical (unpaired) electrons. The number of halogens is 1. The van der Waals surface area contributed by atoms with Gasteiger partial charge < -0.3 is 10.1 Å². The molecule has 0 aliphatic carbocycles. The molecule has 0 fully saturated rings. The van der Waals surface area contributed by atoms with Crippen LogP contribution in [0.2, 0.25) is 5.02 Å². The summed E-state index contributed by atoms with van der Waals surface area (Å²) in [6.07, 6.45) is 4.85. The molecule has 124 valence electrons. The van der Waals surface area contributed by atoms with Crippen LogP contribution in [0, 0.1) is 0 Å². The van der Waals surface area contributed by atoms with E-state index in [-0.39, 0.29) is 12.6 Å². The molecule has 0 bridgehead atoms. The van der Waals surface area contributed by atoms with Crippen molar-refractivity contribution in [2.45, 2.75) is 20.2 Å². The predicted molar refractivity (Wildman–Crippen MR) is 90.2 cm³/mol. The summed E-state index contributed by atoms with van der Waals surface area (Å²) in [4.78, 5) is 12.2. The first kappa shape index (κ1) is 16.1. The number of aryl methyl sites for hydroxylation is 1. The molecule has 7 nitrogen and oxygen atoms in total. The standard InChI is InChI=1S/C16H16ClN5O2/c1-2-22-15(6-7-18-22)16(23)20-13-9-19-21(10-13)11-24-14-5-3-4-12(17)8-14/h3-10H,2,11H2,1H3,(H,20,23). The zero-order valence-corrected chi connectivity index (χ0v) is 13.8. The third kappa shape index (κ3) is 3.75. The maximum absolute atomic E-state index is 12.2. The number of carbonyl (C=O) groups excluding carboxylic acids is 1.